The van der Waals surface area contributed by atoms with E-state index >= 15 is 0 Å². The molecule has 0 atom stereocenters. The molecule has 1 N–H and O–H groups in total. The van der Waals surface area contributed by atoms with Crippen LogP contribution in [0.2, 0.25) is 0 Å². The van der Waals surface area contributed by atoms with Crippen LogP contribution in [0.3, 0.4) is 0 Å². The molecular formula is C22H19Br2NO3. The fourth-order valence-electron chi connectivity index (χ4n) is 2.95. The van der Waals surface area contributed by atoms with E-state index in [0.29, 0.717) is 11.5 Å². The van der Waals surface area contributed by atoms with E-state index in [1.54, 1.807) is 0 Å². The van der Waals surface area contributed by atoms with Crippen LogP contribution in [0.15, 0.2) is 51.4 Å². The Balaban J connectivity index is 1.93. The van der Waals surface area contributed by atoms with Gasteiger partial charge in [0.1, 0.15) is 5.75 Å². The molecule has 1 aromatic heterocycles. The van der Waals surface area contributed by atoms with Crippen molar-refractivity contribution in [2.24, 2.45) is 0 Å². The number of hydrogen-bond acceptors (Lipinski definition) is 3. The summed E-state index contributed by atoms with van der Waals surface area (Å²) in [5.74, 6) is 0.339. The van der Waals surface area contributed by atoms with Crippen molar-refractivity contribution in [2.75, 3.05) is 0 Å². The van der Waals surface area contributed by atoms with Crippen LogP contribution in [-0.2, 0) is 11.2 Å². The Hall–Kier alpha value is -2.18. The van der Waals surface area contributed by atoms with E-state index in [0.717, 1.165) is 50.0 Å². The molecule has 0 unspecified atom stereocenters. The monoisotopic (exact) mass is 503 g/mol. The van der Waals surface area contributed by atoms with Crippen molar-refractivity contribution in [3.05, 3.63) is 68.2 Å². The Morgan fingerprint density at radius 3 is 2.54 bits per heavy atom. The first kappa shape index (κ1) is 20.6. The number of aryl methyl sites for hydroxylation is 2. The first-order valence-electron chi connectivity index (χ1n) is 8.85. The maximum absolute atomic E-state index is 10.7. The normalized spacial score (nSPS) is 11.3. The van der Waals surface area contributed by atoms with E-state index in [2.05, 4.69) is 51.8 Å². The van der Waals surface area contributed by atoms with Crippen LogP contribution < -0.4 is 4.74 Å². The summed E-state index contributed by atoms with van der Waals surface area (Å²) in [6.07, 6.45) is 4.66. The van der Waals surface area contributed by atoms with Crippen LogP contribution >= 0.6 is 31.9 Å². The molecular weight excluding hydrogens is 486 g/mol. The van der Waals surface area contributed by atoms with Gasteiger partial charge in [-0.3, -0.25) is 4.98 Å². The van der Waals surface area contributed by atoms with Crippen molar-refractivity contribution in [3.8, 4) is 11.5 Å². The minimum atomic E-state index is -0.991. The van der Waals surface area contributed by atoms with Gasteiger partial charge in [-0.25, -0.2) is 4.79 Å². The van der Waals surface area contributed by atoms with Gasteiger partial charge in [-0.15, -0.1) is 0 Å². The molecule has 0 saturated carbocycles. The van der Waals surface area contributed by atoms with Crippen LogP contribution in [0.25, 0.3) is 17.0 Å². The van der Waals surface area contributed by atoms with Gasteiger partial charge in [-0.05, 0) is 98.8 Å². The van der Waals surface area contributed by atoms with Crippen LogP contribution in [-0.4, -0.2) is 16.1 Å². The molecule has 0 saturated heterocycles. The molecule has 0 spiro atoms. The Labute approximate surface area is 180 Å². The number of rotatable bonds is 6. The summed E-state index contributed by atoms with van der Waals surface area (Å²) in [5.41, 5.74) is 3.99. The van der Waals surface area contributed by atoms with Crippen LogP contribution in [0.5, 0.6) is 11.5 Å². The second-order valence-corrected chi connectivity index (χ2v) is 8.16. The van der Waals surface area contributed by atoms with Crippen molar-refractivity contribution >= 4 is 54.8 Å². The van der Waals surface area contributed by atoms with Crippen LogP contribution in [0.4, 0.5) is 0 Å². The maximum Gasteiger partial charge on any atom is 0.328 e. The van der Waals surface area contributed by atoms with Gasteiger partial charge < -0.3 is 9.84 Å². The highest BCUT2D eigenvalue weighted by molar-refractivity contribution is 9.11. The van der Waals surface area contributed by atoms with Gasteiger partial charge in [0, 0.05) is 17.2 Å². The van der Waals surface area contributed by atoms with Gasteiger partial charge in [0.15, 0.2) is 5.75 Å². The Kier molecular flexibility index (Phi) is 6.52. The molecule has 144 valence electrons. The number of carbonyl (C=O) groups is 1. The third-order valence-corrected chi connectivity index (χ3v) is 5.38. The molecule has 0 aliphatic carbocycles. The number of aromatic nitrogens is 1. The minimum Gasteiger partial charge on any atom is -0.478 e. The highest BCUT2D eigenvalue weighted by atomic mass is 79.9. The van der Waals surface area contributed by atoms with Gasteiger partial charge in [0.2, 0.25) is 0 Å². The standard InChI is InChI=1S/C22H19Br2NO3/c1-3-4-15-9-13(2)17-12-16(6-7-20(17)25-15)28-22-18(23)10-14(11-19(22)24)5-8-21(26)27/h5-12H,3-4H2,1-2H3,(H,26,27). The SMILES string of the molecule is CCCc1cc(C)c2cc(Oc3c(Br)cc(C=CC(=O)O)cc3Br)ccc2n1. The van der Waals surface area contributed by atoms with Crippen LogP contribution in [0, 0.1) is 6.92 Å². The fourth-order valence-corrected chi connectivity index (χ4v) is 4.33. The Morgan fingerprint density at radius 1 is 1.18 bits per heavy atom. The first-order valence-corrected chi connectivity index (χ1v) is 10.4. The molecule has 4 nitrogen and oxygen atoms in total. The number of benzene rings is 2. The fraction of sp³-hybridized carbons (Fsp3) is 0.182. The molecule has 1 heterocycles. The molecule has 0 bridgehead atoms. The van der Waals surface area contributed by atoms with Gasteiger partial charge in [-0.1, -0.05) is 13.3 Å². The summed E-state index contributed by atoms with van der Waals surface area (Å²) in [4.78, 5) is 15.4. The number of carboxylic acids is 1. The number of aliphatic carboxylic acids is 1. The molecule has 0 aliphatic rings. The van der Waals surface area contributed by atoms with E-state index in [1.165, 1.54) is 11.6 Å². The first-order chi connectivity index (χ1) is 13.4. The predicted octanol–water partition coefficient (Wildman–Crippen LogP) is 6.91. The third-order valence-electron chi connectivity index (χ3n) is 4.21. The zero-order chi connectivity index (χ0) is 20.3. The van der Waals surface area contributed by atoms with Crippen molar-refractivity contribution in [2.45, 2.75) is 26.7 Å². The maximum atomic E-state index is 10.7. The molecule has 2 aromatic carbocycles. The smallest absolute Gasteiger partial charge is 0.328 e. The van der Waals surface area contributed by atoms with Gasteiger partial charge in [-0.2, -0.15) is 0 Å². The van der Waals surface area contributed by atoms with Crippen molar-refractivity contribution in [1.82, 2.24) is 4.98 Å². The molecule has 3 rings (SSSR count). The van der Waals surface area contributed by atoms with Gasteiger partial charge in [0.25, 0.3) is 0 Å². The van der Waals surface area contributed by atoms with Gasteiger partial charge >= 0.3 is 5.97 Å². The van der Waals surface area contributed by atoms with E-state index < -0.39 is 5.97 Å². The summed E-state index contributed by atoms with van der Waals surface area (Å²) in [6.45, 7) is 4.24. The average Bonchev–Trinajstić information content (AvgIpc) is 2.63. The Bertz CT molecular complexity index is 1050. The summed E-state index contributed by atoms with van der Waals surface area (Å²) in [6, 6.07) is 11.6. The number of nitrogens with zero attached hydrogens (tertiary/aromatic N) is 1. The van der Waals surface area contributed by atoms with Crippen LogP contribution in [0.1, 0.15) is 30.2 Å². The summed E-state index contributed by atoms with van der Waals surface area (Å²) in [7, 11) is 0. The highest BCUT2D eigenvalue weighted by Gasteiger charge is 2.11. The third kappa shape index (κ3) is 4.80. The number of fused-ring (bicyclic) bond motifs is 1. The number of carboxylic acid groups (broad SMARTS) is 1. The van der Waals surface area contributed by atoms with Crippen molar-refractivity contribution in [3.63, 3.8) is 0 Å². The quantitative estimate of drug-likeness (QED) is 0.370. The number of hydrogen-bond donors (Lipinski definition) is 1. The zero-order valence-electron chi connectivity index (χ0n) is 15.5. The van der Waals surface area contributed by atoms with Crippen molar-refractivity contribution in [1.29, 1.82) is 0 Å². The average molecular weight is 505 g/mol. The topological polar surface area (TPSA) is 59.4 Å². The molecule has 0 aliphatic heterocycles. The lowest BCUT2D eigenvalue weighted by atomic mass is 10.1. The molecule has 28 heavy (non-hydrogen) atoms. The highest BCUT2D eigenvalue weighted by Crippen LogP contribution is 2.39. The predicted molar refractivity (Wildman–Crippen MR) is 119 cm³/mol. The summed E-state index contributed by atoms with van der Waals surface area (Å²) >= 11 is 7.01. The lowest BCUT2D eigenvalue weighted by molar-refractivity contribution is -0.131. The lowest BCUT2D eigenvalue weighted by Crippen LogP contribution is -1.94. The van der Waals surface area contributed by atoms with E-state index in [4.69, 9.17) is 14.8 Å². The molecule has 0 fully saturated rings. The van der Waals surface area contributed by atoms with E-state index in [1.807, 2.05) is 30.3 Å². The zero-order valence-corrected chi connectivity index (χ0v) is 18.7. The van der Waals surface area contributed by atoms with E-state index in [-0.39, 0.29) is 0 Å². The molecule has 3 aromatic rings. The molecule has 0 amide bonds. The molecule has 0 radical (unpaired) electrons. The lowest BCUT2D eigenvalue weighted by Gasteiger charge is -2.13. The van der Waals surface area contributed by atoms with Gasteiger partial charge in [0.05, 0.1) is 14.5 Å². The van der Waals surface area contributed by atoms with Crippen molar-refractivity contribution < 1.29 is 14.6 Å². The second-order valence-electron chi connectivity index (χ2n) is 6.45. The summed E-state index contributed by atoms with van der Waals surface area (Å²) in [5, 5.41) is 9.84. The summed E-state index contributed by atoms with van der Waals surface area (Å²) < 4.78 is 7.54. The molecule has 6 heteroatoms. The number of ether oxygens (including phenoxy) is 1. The number of pyridine rings is 1. The van der Waals surface area contributed by atoms with E-state index in [9.17, 15) is 4.79 Å². The second kappa shape index (κ2) is 8.88. The largest absolute Gasteiger partial charge is 0.478 e. The Morgan fingerprint density at radius 2 is 1.89 bits per heavy atom. The minimum absolute atomic E-state index is 0.625. The number of halogens is 2.